The summed E-state index contributed by atoms with van der Waals surface area (Å²) in [6.07, 6.45) is 3.89. The molecule has 5 nitrogen and oxygen atoms in total. The van der Waals surface area contributed by atoms with E-state index in [-0.39, 0.29) is 11.8 Å². The highest BCUT2D eigenvalue weighted by atomic mass is 16.2. The van der Waals surface area contributed by atoms with Crippen molar-refractivity contribution in [1.29, 1.82) is 0 Å². The maximum atomic E-state index is 13.2. The van der Waals surface area contributed by atoms with Gasteiger partial charge in [0, 0.05) is 13.1 Å². The van der Waals surface area contributed by atoms with Crippen LogP contribution < -0.4 is 5.32 Å². The second kappa shape index (κ2) is 8.70. The molecule has 0 spiro atoms. The predicted octanol–water partition coefficient (Wildman–Crippen LogP) is 3.77. The molecule has 5 heteroatoms. The fourth-order valence-corrected chi connectivity index (χ4v) is 3.83. The maximum absolute atomic E-state index is 13.2. The van der Waals surface area contributed by atoms with Crippen LogP contribution in [-0.2, 0) is 0 Å². The number of piperidine rings is 1. The van der Waals surface area contributed by atoms with E-state index in [1.165, 1.54) is 5.56 Å². The van der Waals surface area contributed by atoms with Crippen molar-refractivity contribution in [2.75, 3.05) is 26.2 Å². The molecule has 1 aliphatic heterocycles. The normalized spacial score (nSPS) is 15.5. The standard InChI is InChI=1S/C22H32N4O/c1-5-23-14-18-10-12-25(13-11-18)22(27)20-15-24-26(21(20)16(2)3)19-8-6-17(4)7-9-19/h6-9,15-16,18,23H,5,10-14H2,1-4H3. The molecule has 1 amide bonds. The molecule has 2 aromatic rings. The maximum Gasteiger partial charge on any atom is 0.257 e. The minimum atomic E-state index is 0.124. The van der Waals surface area contributed by atoms with Crippen molar-refractivity contribution in [2.45, 2.75) is 46.5 Å². The van der Waals surface area contributed by atoms with Gasteiger partial charge in [0.05, 0.1) is 23.1 Å². The van der Waals surface area contributed by atoms with Gasteiger partial charge in [0.25, 0.3) is 5.91 Å². The molecule has 1 aromatic heterocycles. The SMILES string of the molecule is CCNCC1CCN(C(=O)c2cnn(-c3ccc(C)cc3)c2C(C)C)CC1. The van der Waals surface area contributed by atoms with Crippen LogP contribution in [0.15, 0.2) is 30.5 Å². The second-order valence-corrected chi connectivity index (χ2v) is 7.89. The number of hydrogen-bond donors (Lipinski definition) is 1. The average molecular weight is 369 g/mol. The van der Waals surface area contributed by atoms with Gasteiger partial charge in [-0.05, 0) is 56.8 Å². The Morgan fingerprint density at radius 2 is 1.89 bits per heavy atom. The molecule has 0 saturated carbocycles. The Morgan fingerprint density at radius 1 is 1.22 bits per heavy atom. The fraction of sp³-hybridized carbons (Fsp3) is 0.545. The van der Waals surface area contributed by atoms with Crippen LogP contribution in [0, 0.1) is 12.8 Å². The van der Waals surface area contributed by atoms with Gasteiger partial charge in [0.15, 0.2) is 0 Å². The number of nitrogens with zero attached hydrogens (tertiary/aromatic N) is 3. The van der Waals surface area contributed by atoms with Crippen molar-refractivity contribution < 1.29 is 4.79 Å². The summed E-state index contributed by atoms with van der Waals surface area (Å²) in [5.74, 6) is 1.02. The van der Waals surface area contributed by atoms with Crippen LogP contribution >= 0.6 is 0 Å². The van der Waals surface area contributed by atoms with Crippen LogP contribution in [0.1, 0.15) is 61.1 Å². The van der Waals surface area contributed by atoms with Crippen LogP contribution in [0.2, 0.25) is 0 Å². The molecular weight excluding hydrogens is 336 g/mol. The van der Waals surface area contributed by atoms with E-state index in [4.69, 9.17) is 0 Å². The number of aromatic nitrogens is 2. The number of aryl methyl sites for hydroxylation is 1. The summed E-state index contributed by atoms with van der Waals surface area (Å²) >= 11 is 0. The van der Waals surface area contributed by atoms with Gasteiger partial charge in [-0.1, -0.05) is 38.5 Å². The van der Waals surface area contributed by atoms with E-state index in [1.54, 1.807) is 6.20 Å². The number of rotatable bonds is 6. The van der Waals surface area contributed by atoms with E-state index >= 15 is 0 Å². The highest BCUT2D eigenvalue weighted by Gasteiger charge is 2.28. The summed E-state index contributed by atoms with van der Waals surface area (Å²) in [7, 11) is 0. The molecule has 1 fully saturated rings. The first-order valence-corrected chi connectivity index (χ1v) is 10.2. The van der Waals surface area contributed by atoms with E-state index in [0.717, 1.165) is 56.0 Å². The number of benzene rings is 1. The van der Waals surface area contributed by atoms with Gasteiger partial charge in [-0.2, -0.15) is 5.10 Å². The molecule has 1 N–H and O–H groups in total. The molecule has 1 aliphatic rings. The van der Waals surface area contributed by atoms with Crippen molar-refractivity contribution in [2.24, 2.45) is 5.92 Å². The Kier molecular flexibility index (Phi) is 6.32. The van der Waals surface area contributed by atoms with Gasteiger partial charge in [-0.25, -0.2) is 4.68 Å². The number of carbonyl (C=O) groups is 1. The highest BCUT2D eigenvalue weighted by Crippen LogP contribution is 2.26. The Hall–Kier alpha value is -2.14. The van der Waals surface area contributed by atoms with Gasteiger partial charge in [0.1, 0.15) is 0 Å². The molecule has 0 aliphatic carbocycles. The van der Waals surface area contributed by atoms with Gasteiger partial charge < -0.3 is 10.2 Å². The van der Waals surface area contributed by atoms with E-state index in [0.29, 0.717) is 5.92 Å². The summed E-state index contributed by atoms with van der Waals surface area (Å²) in [4.78, 5) is 15.2. The number of carbonyl (C=O) groups excluding carboxylic acids is 1. The lowest BCUT2D eigenvalue weighted by atomic mass is 9.96. The number of amides is 1. The first-order chi connectivity index (χ1) is 13.0. The molecule has 146 valence electrons. The smallest absolute Gasteiger partial charge is 0.257 e. The zero-order valence-electron chi connectivity index (χ0n) is 17.0. The van der Waals surface area contributed by atoms with E-state index in [2.05, 4.69) is 62.4 Å². The van der Waals surface area contributed by atoms with Crippen LogP contribution in [0.25, 0.3) is 5.69 Å². The third-order valence-corrected chi connectivity index (χ3v) is 5.45. The quantitative estimate of drug-likeness (QED) is 0.844. The van der Waals surface area contributed by atoms with Gasteiger partial charge in [-0.15, -0.1) is 0 Å². The molecule has 0 unspecified atom stereocenters. The lowest BCUT2D eigenvalue weighted by molar-refractivity contribution is 0.0688. The van der Waals surface area contributed by atoms with Gasteiger partial charge in [-0.3, -0.25) is 4.79 Å². The first kappa shape index (κ1) is 19.6. The first-order valence-electron chi connectivity index (χ1n) is 10.2. The molecule has 3 rings (SSSR count). The lowest BCUT2D eigenvalue weighted by Crippen LogP contribution is -2.41. The molecular formula is C22H32N4O. The van der Waals surface area contributed by atoms with Crippen LogP contribution in [0.5, 0.6) is 0 Å². The Labute approximate surface area is 162 Å². The molecule has 27 heavy (non-hydrogen) atoms. The summed E-state index contributed by atoms with van der Waals surface area (Å²) < 4.78 is 1.93. The predicted molar refractivity (Wildman–Crippen MR) is 110 cm³/mol. The number of hydrogen-bond acceptors (Lipinski definition) is 3. The summed E-state index contributed by atoms with van der Waals surface area (Å²) in [6, 6.07) is 8.29. The molecule has 1 saturated heterocycles. The zero-order valence-corrected chi connectivity index (χ0v) is 17.0. The second-order valence-electron chi connectivity index (χ2n) is 7.89. The Bertz CT molecular complexity index is 755. The summed E-state index contributed by atoms with van der Waals surface area (Å²) in [6.45, 7) is 12.2. The van der Waals surface area contributed by atoms with Crippen LogP contribution in [0.3, 0.4) is 0 Å². The van der Waals surface area contributed by atoms with Crippen molar-refractivity contribution >= 4 is 5.91 Å². The molecule has 2 heterocycles. The van der Waals surface area contributed by atoms with Crippen LogP contribution in [0.4, 0.5) is 0 Å². The van der Waals surface area contributed by atoms with E-state index < -0.39 is 0 Å². The molecule has 0 atom stereocenters. The monoisotopic (exact) mass is 368 g/mol. The summed E-state index contributed by atoms with van der Waals surface area (Å²) in [5, 5.41) is 7.99. The number of nitrogens with one attached hydrogen (secondary N) is 1. The average Bonchev–Trinajstić information content (AvgIpc) is 3.12. The van der Waals surface area contributed by atoms with Crippen molar-refractivity contribution in [1.82, 2.24) is 20.0 Å². The van der Waals surface area contributed by atoms with Gasteiger partial charge >= 0.3 is 0 Å². The van der Waals surface area contributed by atoms with Crippen molar-refractivity contribution in [3.63, 3.8) is 0 Å². The third kappa shape index (κ3) is 4.41. The zero-order chi connectivity index (χ0) is 19.4. The van der Waals surface area contributed by atoms with E-state index in [1.807, 2.05) is 9.58 Å². The summed E-state index contributed by atoms with van der Waals surface area (Å²) in [5.41, 5.74) is 3.97. The largest absolute Gasteiger partial charge is 0.339 e. The third-order valence-electron chi connectivity index (χ3n) is 5.45. The topological polar surface area (TPSA) is 50.2 Å². The molecule has 0 radical (unpaired) electrons. The van der Waals surface area contributed by atoms with Crippen LogP contribution in [-0.4, -0.2) is 46.8 Å². The van der Waals surface area contributed by atoms with Crippen molar-refractivity contribution in [3.8, 4) is 5.69 Å². The lowest BCUT2D eigenvalue weighted by Gasteiger charge is -2.32. The van der Waals surface area contributed by atoms with E-state index in [9.17, 15) is 4.79 Å². The molecule has 0 bridgehead atoms. The Morgan fingerprint density at radius 3 is 2.48 bits per heavy atom. The number of likely N-dealkylation sites (tertiary alicyclic amines) is 1. The Balaban J connectivity index is 1.78. The van der Waals surface area contributed by atoms with Gasteiger partial charge in [0.2, 0.25) is 0 Å². The van der Waals surface area contributed by atoms with Crippen molar-refractivity contribution in [3.05, 3.63) is 47.3 Å². The molecule has 1 aromatic carbocycles. The fourth-order valence-electron chi connectivity index (χ4n) is 3.83. The highest BCUT2D eigenvalue weighted by molar-refractivity contribution is 5.95. The minimum Gasteiger partial charge on any atom is -0.339 e. The minimum absolute atomic E-state index is 0.124.